The number of halogens is 6. The maximum Gasteiger partial charge on any atom is 0.416 e. The number of fused-ring (bicyclic) bond motifs is 2. The fourth-order valence-electron chi connectivity index (χ4n) is 4.75. The zero-order chi connectivity index (χ0) is 29.1. The zero-order valence-electron chi connectivity index (χ0n) is 20.4. The lowest BCUT2D eigenvalue weighted by Gasteiger charge is -2.19. The average molecular weight is 584 g/mol. The van der Waals surface area contributed by atoms with E-state index in [2.05, 4.69) is 20.7 Å². The van der Waals surface area contributed by atoms with Gasteiger partial charge in [-0.15, -0.1) is 0 Å². The predicted octanol–water partition coefficient (Wildman–Crippen LogP) is 6.43. The van der Waals surface area contributed by atoms with Gasteiger partial charge in [0, 0.05) is 39.2 Å². The molecule has 0 unspecified atom stereocenters. The van der Waals surface area contributed by atoms with E-state index in [1.807, 2.05) is 0 Å². The molecule has 2 amide bonds. The first-order chi connectivity index (χ1) is 19.5. The molecule has 13 heteroatoms. The van der Waals surface area contributed by atoms with Crippen molar-refractivity contribution >= 4 is 34.7 Å². The van der Waals surface area contributed by atoms with Gasteiger partial charge in [-0.2, -0.15) is 18.3 Å². The second kappa shape index (κ2) is 9.66. The molecule has 3 heterocycles. The second-order valence-electron chi connectivity index (χ2n) is 9.22. The van der Waals surface area contributed by atoms with Gasteiger partial charge < -0.3 is 10.6 Å². The molecule has 2 N–H and O–H groups in total. The van der Waals surface area contributed by atoms with Gasteiger partial charge in [0.25, 0.3) is 11.8 Å². The summed E-state index contributed by atoms with van der Waals surface area (Å²) in [6.07, 6.45) is -1.92. The minimum atomic E-state index is -4.89. The lowest BCUT2D eigenvalue weighted by Crippen LogP contribution is -2.21. The zero-order valence-corrected chi connectivity index (χ0v) is 21.2. The first kappa shape index (κ1) is 26.4. The summed E-state index contributed by atoms with van der Waals surface area (Å²) in [6.45, 7) is 0. The van der Waals surface area contributed by atoms with Crippen LogP contribution < -0.4 is 10.6 Å². The molecular formula is C28H15ClF5N5O2. The standard InChI is InChI=1S/C28H15ClF5N5O2/c29-21-2-1-17(30)11-19(21)25-24-20(27(41)38-25)7-14(13-3-4-39-23(9-13)35-12-36-39)8-22(24)37-26(40)15-5-16(28(32,33)34)10-18(31)6-15/h1-12,25H,(H,37,40)(H,38,41)/t25-/m0/s1. The molecule has 0 radical (unpaired) electrons. The van der Waals surface area contributed by atoms with Crippen LogP contribution in [0.25, 0.3) is 16.8 Å². The number of nitrogens with zero attached hydrogens (tertiary/aromatic N) is 3. The van der Waals surface area contributed by atoms with Crippen LogP contribution in [0.3, 0.4) is 0 Å². The summed E-state index contributed by atoms with van der Waals surface area (Å²) in [5.41, 5.74) is 0.0953. The highest BCUT2D eigenvalue weighted by Crippen LogP contribution is 2.42. The topological polar surface area (TPSA) is 88.4 Å². The van der Waals surface area contributed by atoms with Crippen LogP contribution in [0.4, 0.5) is 27.6 Å². The van der Waals surface area contributed by atoms with Crippen LogP contribution in [0.15, 0.2) is 73.2 Å². The Labute approximate surface area is 232 Å². The Hall–Kier alpha value is -4.84. The molecule has 0 saturated heterocycles. The molecule has 1 aliphatic heterocycles. The third kappa shape index (κ3) is 4.86. The molecule has 0 fully saturated rings. The van der Waals surface area contributed by atoms with Gasteiger partial charge in [-0.05, 0) is 71.8 Å². The molecule has 0 aliphatic carbocycles. The summed E-state index contributed by atoms with van der Waals surface area (Å²) in [5, 5.41) is 9.41. The number of carbonyl (C=O) groups excluding carboxylic acids is 2. The second-order valence-corrected chi connectivity index (χ2v) is 9.62. The van der Waals surface area contributed by atoms with Crippen LogP contribution in [-0.4, -0.2) is 26.4 Å². The molecule has 5 aromatic rings. The maximum atomic E-state index is 14.2. The highest BCUT2D eigenvalue weighted by atomic mass is 35.5. The van der Waals surface area contributed by atoms with Crippen molar-refractivity contribution in [1.82, 2.24) is 19.9 Å². The first-order valence-electron chi connectivity index (χ1n) is 11.9. The minimum Gasteiger partial charge on any atom is -0.341 e. The Bertz CT molecular complexity index is 1890. The van der Waals surface area contributed by atoms with Gasteiger partial charge in [-0.25, -0.2) is 18.3 Å². The number of amides is 2. The van der Waals surface area contributed by atoms with Crippen molar-refractivity contribution in [3.63, 3.8) is 0 Å². The molecule has 1 aliphatic rings. The average Bonchev–Trinajstić information content (AvgIpc) is 3.53. The summed E-state index contributed by atoms with van der Waals surface area (Å²) in [4.78, 5) is 30.5. The largest absolute Gasteiger partial charge is 0.416 e. The van der Waals surface area contributed by atoms with Crippen molar-refractivity contribution in [2.45, 2.75) is 12.2 Å². The number of carbonyl (C=O) groups is 2. The molecule has 0 spiro atoms. The molecule has 7 nitrogen and oxygen atoms in total. The molecular weight excluding hydrogens is 569 g/mol. The molecule has 3 aromatic carbocycles. The molecule has 1 atom stereocenters. The lowest BCUT2D eigenvalue weighted by atomic mass is 9.92. The van der Waals surface area contributed by atoms with Gasteiger partial charge in [0.1, 0.15) is 18.0 Å². The molecule has 6 rings (SSSR count). The van der Waals surface area contributed by atoms with Crippen LogP contribution in [-0.2, 0) is 6.18 Å². The van der Waals surface area contributed by atoms with Crippen molar-refractivity contribution in [1.29, 1.82) is 0 Å². The molecule has 206 valence electrons. The van der Waals surface area contributed by atoms with E-state index in [-0.39, 0.29) is 33.5 Å². The number of hydrogen-bond acceptors (Lipinski definition) is 4. The summed E-state index contributed by atoms with van der Waals surface area (Å²) in [6, 6.07) is 10.4. The van der Waals surface area contributed by atoms with Gasteiger partial charge in [0.05, 0.1) is 11.6 Å². The SMILES string of the molecule is O=C(Nc1cc(-c2ccn3ncnc3c2)cc2c1[C@H](c1cc(F)ccc1Cl)NC2=O)c1cc(F)cc(C(F)(F)F)c1. The number of benzene rings is 3. The lowest BCUT2D eigenvalue weighted by molar-refractivity contribution is -0.137. The van der Waals surface area contributed by atoms with Crippen molar-refractivity contribution < 1.29 is 31.5 Å². The molecule has 0 saturated carbocycles. The van der Waals surface area contributed by atoms with E-state index in [9.17, 15) is 31.5 Å². The van der Waals surface area contributed by atoms with Crippen LogP contribution in [0.2, 0.25) is 5.02 Å². The van der Waals surface area contributed by atoms with Gasteiger partial charge >= 0.3 is 6.18 Å². The van der Waals surface area contributed by atoms with Gasteiger partial charge in [0.2, 0.25) is 0 Å². The first-order valence-corrected chi connectivity index (χ1v) is 12.3. The highest BCUT2D eigenvalue weighted by Gasteiger charge is 2.36. The Morgan fingerprint density at radius 2 is 1.78 bits per heavy atom. The molecule has 41 heavy (non-hydrogen) atoms. The van der Waals surface area contributed by atoms with E-state index in [4.69, 9.17) is 11.6 Å². The van der Waals surface area contributed by atoms with E-state index in [0.717, 1.165) is 12.1 Å². The Morgan fingerprint density at radius 3 is 2.56 bits per heavy atom. The Morgan fingerprint density at radius 1 is 0.976 bits per heavy atom. The number of pyridine rings is 1. The van der Waals surface area contributed by atoms with E-state index < -0.39 is 46.8 Å². The maximum absolute atomic E-state index is 14.2. The van der Waals surface area contributed by atoms with Gasteiger partial charge in [-0.1, -0.05) is 11.6 Å². The molecule has 2 aromatic heterocycles. The minimum absolute atomic E-state index is 0.0188. The summed E-state index contributed by atoms with van der Waals surface area (Å²) < 4.78 is 69.7. The van der Waals surface area contributed by atoms with Crippen molar-refractivity contribution in [3.05, 3.63) is 118 Å². The van der Waals surface area contributed by atoms with Crippen LogP contribution in [0.1, 0.15) is 43.4 Å². The van der Waals surface area contributed by atoms with Crippen LogP contribution >= 0.6 is 11.6 Å². The number of alkyl halides is 3. The number of aromatic nitrogens is 3. The fourth-order valence-corrected chi connectivity index (χ4v) is 4.97. The van der Waals surface area contributed by atoms with Crippen molar-refractivity contribution in [3.8, 4) is 11.1 Å². The summed E-state index contributed by atoms with van der Waals surface area (Å²) in [7, 11) is 0. The van der Waals surface area contributed by atoms with Crippen LogP contribution in [0, 0.1) is 11.6 Å². The predicted molar refractivity (Wildman–Crippen MR) is 138 cm³/mol. The Balaban J connectivity index is 1.51. The summed E-state index contributed by atoms with van der Waals surface area (Å²) in [5.74, 6) is -3.51. The van der Waals surface area contributed by atoms with Gasteiger partial charge in [-0.3, -0.25) is 9.59 Å². The van der Waals surface area contributed by atoms with E-state index in [1.165, 1.54) is 23.0 Å². The van der Waals surface area contributed by atoms with E-state index in [0.29, 0.717) is 28.9 Å². The van der Waals surface area contributed by atoms with E-state index in [1.54, 1.807) is 24.4 Å². The monoisotopic (exact) mass is 583 g/mol. The van der Waals surface area contributed by atoms with Crippen molar-refractivity contribution in [2.24, 2.45) is 0 Å². The number of rotatable bonds is 4. The number of hydrogen-bond donors (Lipinski definition) is 2. The summed E-state index contributed by atoms with van der Waals surface area (Å²) >= 11 is 6.33. The van der Waals surface area contributed by atoms with E-state index >= 15 is 0 Å². The van der Waals surface area contributed by atoms with Crippen LogP contribution in [0.5, 0.6) is 0 Å². The van der Waals surface area contributed by atoms with Crippen molar-refractivity contribution in [2.75, 3.05) is 5.32 Å². The fraction of sp³-hybridized carbons (Fsp3) is 0.0714. The quantitative estimate of drug-likeness (QED) is 0.239. The molecule has 0 bridgehead atoms. The normalized spacial score (nSPS) is 14.7. The smallest absolute Gasteiger partial charge is 0.341 e. The highest BCUT2D eigenvalue weighted by molar-refractivity contribution is 6.31. The Kier molecular flexibility index (Phi) is 6.22. The number of anilines is 1. The third-order valence-corrected chi connectivity index (χ3v) is 6.95. The third-order valence-electron chi connectivity index (χ3n) is 6.61. The number of nitrogens with one attached hydrogen (secondary N) is 2. The van der Waals surface area contributed by atoms with Gasteiger partial charge in [0.15, 0.2) is 5.65 Å².